The monoisotopic (exact) mass is 388 g/mol. The third kappa shape index (κ3) is 4.72. The van der Waals surface area contributed by atoms with Crippen molar-refractivity contribution in [3.63, 3.8) is 0 Å². The van der Waals surface area contributed by atoms with E-state index >= 15 is 0 Å². The highest BCUT2D eigenvalue weighted by molar-refractivity contribution is 5.80. The number of carbonyl (C=O) groups excluding carboxylic acids is 1. The van der Waals surface area contributed by atoms with Crippen molar-refractivity contribution in [2.45, 2.75) is 32.5 Å². The molecule has 0 radical (unpaired) electrons. The zero-order chi connectivity index (χ0) is 20.1. The van der Waals surface area contributed by atoms with Crippen molar-refractivity contribution in [1.29, 1.82) is 0 Å². The molecule has 11 nitrogen and oxygen atoms in total. The average molecular weight is 388 g/mol. The van der Waals surface area contributed by atoms with Crippen LogP contribution in [0, 0.1) is 12.7 Å². The van der Waals surface area contributed by atoms with Crippen LogP contribution in [0.25, 0.3) is 0 Å². The zero-order valence-electron chi connectivity index (χ0n) is 14.9. The fourth-order valence-corrected chi connectivity index (χ4v) is 2.59. The highest BCUT2D eigenvalue weighted by Gasteiger charge is 2.24. The summed E-state index contributed by atoms with van der Waals surface area (Å²) in [5.41, 5.74) is 1.15. The van der Waals surface area contributed by atoms with E-state index in [0.717, 1.165) is 10.2 Å². The summed E-state index contributed by atoms with van der Waals surface area (Å²) >= 11 is 0. The van der Waals surface area contributed by atoms with Crippen LogP contribution in [-0.2, 0) is 29.1 Å². The second kappa shape index (κ2) is 8.33. The van der Waals surface area contributed by atoms with Gasteiger partial charge in [-0.3, -0.25) is 9.59 Å². The van der Waals surface area contributed by atoms with E-state index in [4.69, 9.17) is 5.11 Å². The number of carboxylic acid groups (broad SMARTS) is 1. The summed E-state index contributed by atoms with van der Waals surface area (Å²) in [4.78, 5) is 23.5. The van der Waals surface area contributed by atoms with Gasteiger partial charge in [0.1, 0.15) is 29.9 Å². The number of rotatable bonds is 8. The molecule has 3 rings (SSSR count). The Bertz CT molecular complexity index is 968. The van der Waals surface area contributed by atoms with E-state index in [1.165, 1.54) is 23.0 Å². The number of halogens is 1. The second-order valence-corrected chi connectivity index (χ2v) is 6.04. The molecule has 1 atom stereocenters. The molecule has 28 heavy (non-hydrogen) atoms. The number of benzene rings is 1. The number of amides is 1. The smallest absolute Gasteiger partial charge is 0.325 e. The Kier molecular flexibility index (Phi) is 5.67. The number of nitrogens with one attached hydrogen (secondary N) is 1. The molecule has 146 valence electrons. The third-order valence-corrected chi connectivity index (χ3v) is 3.92. The normalized spacial score (nSPS) is 11.9. The molecule has 0 saturated carbocycles. The lowest BCUT2D eigenvalue weighted by molar-refractivity contribution is -0.138. The quantitative estimate of drug-likeness (QED) is 0.545. The van der Waals surface area contributed by atoms with E-state index < -0.39 is 12.0 Å². The van der Waals surface area contributed by atoms with Crippen LogP contribution in [0.2, 0.25) is 0 Å². The predicted octanol–water partition coefficient (Wildman–Crippen LogP) is -0.103. The molecular formula is C16H17FN8O3. The fourth-order valence-electron chi connectivity index (χ4n) is 2.59. The molecule has 0 bridgehead atoms. The Balaban J connectivity index is 1.71. The maximum Gasteiger partial charge on any atom is 0.325 e. The van der Waals surface area contributed by atoms with E-state index in [1.54, 1.807) is 19.1 Å². The van der Waals surface area contributed by atoms with Gasteiger partial charge in [0.05, 0.1) is 12.7 Å². The minimum absolute atomic E-state index is 0.0551. The lowest BCUT2D eigenvalue weighted by Gasteiger charge is -2.17. The summed E-state index contributed by atoms with van der Waals surface area (Å²) in [5, 5.41) is 30.2. The molecule has 0 aliphatic heterocycles. The van der Waals surface area contributed by atoms with Crippen molar-refractivity contribution in [2.75, 3.05) is 0 Å². The first-order valence-electron chi connectivity index (χ1n) is 8.30. The van der Waals surface area contributed by atoms with Crippen molar-refractivity contribution in [1.82, 2.24) is 40.5 Å². The van der Waals surface area contributed by atoms with Crippen LogP contribution in [0.4, 0.5) is 4.39 Å². The van der Waals surface area contributed by atoms with Crippen LogP contribution in [0.15, 0.2) is 30.5 Å². The largest absolute Gasteiger partial charge is 0.480 e. The number of aromatic nitrogens is 7. The number of carboxylic acids is 1. The van der Waals surface area contributed by atoms with E-state index in [1.807, 2.05) is 0 Å². The van der Waals surface area contributed by atoms with Gasteiger partial charge in [0, 0.05) is 6.42 Å². The lowest BCUT2D eigenvalue weighted by Crippen LogP contribution is -2.34. The van der Waals surface area contributed by atoms with Crippen molar-refractivity contribution < 1.29 is 19.1 Å². The average Bonchev–Trinajstić information content (AvgIpc) is 3.27. The first kappa shape index (κ1) is 19.1. The Morgan fingerprint density at radius 1 is 1.21 bits per heavy atom. The third-order valence-electron chi connectivity index (χ3n) is 3.92. The lowest BCUT2D eigenvalue weighted by atomic mass is 10.1. The Labute approximate surface area is 158 Å². The summed E-state index contributed by atoms with van der Waals surface area (Å²) < 4.78 is 15.7. The second-order valence-electron chi connectivity index (χ2n) is 6.04. The van der Waals surface area contributed by atoms with Gasteiger partial charge in [-0.05, 0) is 35.0 Å². The van der Waals surface area contributed by atoms with E-state index in [9.17, 15) is 14.0 Å². The Morgan fingerprint density at radius 3 is 2.61 bits per heavy atom. The summed E-state index contributed by atoms with van der Waals surface area (Å²) in [6, 6.07) is 5.06. The van der Waals surface area contributed by atoms with E-state index in [0.29, 0.717) is 11.5 Å². The Hall–Kier alpha value is -3.70. The van der Waals surface area contributed by atoms with Crippen LogP contribution in [0.1, 0.15) is 23.1 Å². The number of carbonyl (C=O) groups is 2. The number of aliphatic carboxylic acids is 1. The molecule has 3 aromatic rings. The van der Waals surface area contributed by atoms with Crippen LogP contribution < -0.4 is 5.32 Å². The number of aryl methyl sites for hydroxylation is 1. The number of tetrazole rings is 1. The minimum Gasteiger partial charge on any atom is -0.480 e. The highest BCUT2D eigenvalue weighted by atomic mass is 19.1. The van der Waals surface area contributed by atoms with Crippen LogP contribution in [0.5, 0.6) is 0 Å². The van der Waals surface area contributed by atoms with Gasteiger partial charge in [0.2, 0.25) is 5.91 Å². The molecule has 2 heterocycles. The number of hydrogen-bond donors (Lipinski definition) is 2. The molecule has 2 N–H and O–H groups in total. The molecule has 0 fully saturated rings. The fraction of sp³-hybridized carbons (Fsp3) is 0.312. The van der Waals surface area contributed by atoms with Gasteiger partial charge in [-0.1, -0.05) is 17.3 Å². The van der Waals surface area contributed by atoms with Gasteiger partial charge in [-0.25, -0.2) is 13.8 Å². The van der Waals surface area contributed by atoms with Gasteiger partial charge in [0.25, 0.3) is 0 Å². The summed E-state index contributed by atoms with van der Waals surface area (Å²) in [6.45, 7) is 1.40. The van der Waals surface area contributed by atoms with Crippen molar-refractivity contribution in [2.24, 2.45) is 0 Å². The molecule has 0 aliphatic carbocycles. The first-order valence-corrected chi connectivity index (χ1v) is 8.30. The van der Waals surface area contributed by atoms with E-state index in [-0.39, 0.29) is 31.2 Å². The van der Waals surface area contributed by atoms with Crippen molar-refractivity contribution >= 4 is 11.9 Å². The molecule has 12 heteroatoms. The molecule has 0 aliphatic rings. The standard InChI is InChI=1S/C16H17FN8O3/c1-10-19-21-23-25(10)14(6-11-2-4-12(17)5-3-11)16(28)18-7-13-8-24(22-20-13)9-15(26)27/h2-5,8,14H,6-7,9H2,1H3,(H,18,28)(H,26,27). The molecular weight excluding hydrogens is 371 g/mol. The van der Waals surface area contributed by atoms with Crippen molar-refractivity contribution in [3.05, 3.63) is 53.4 Å². The van der Waals surface area contributed by atoms with Crippen LogP contribution >= 0.6 is 0 Å². The summed E-state index contributed by atoms with van der Waals surface area (Å²) in [5.74, 6) is -1.33. The minimum atomic E-state index is -1.05. The Morgan fingerprint density at radius 2 is 1.96 bits per heavy atom. The summed E-state index contributed by atoms with van der Waals surface area (Å²) in [7, 11) is 0. The van der Waals surface area contributed by atoms with Gasteiger partial charge < -0.3 is 10.4 Å². The molecule has 2 aromatic heterocycles. The van der Waals surface area contributed by atoms with Gasteiger partial charge in [-0.2, -0.15) is 0 Å². The van der Waals surface area contributed by atoms with Crippen LogP contribution in [-0.4, -0.2) is 52.2 Å². The zero-order valence-corrected chi connectivity index (χ0v) is 14.9. The van der Waals surface area contributed by atoms with Crippen molar-refractivity contribution in [3.8, 4) is 0 Å². The molecule has 0 spiro atoms. The van der Waals surface area contributed by atoms with Gasteiger partial charge in [0.15, 0.2) is 0 Å². The van der Waals surface area contributed by atoms with Gasteiger partial charge >= 0.3 is 5.97 Å². The molecule has 1 aromatic carbocycles. The maximum absolute atomic E-state index is 13.1. The SMILES string of the molecule is Cc1nnnn1C(Cc1ccc(F)cc1)C(=O)NCc1cn(CC(=O)O)nn1. The molecule has 1 unspecified atom stereocenters. The topological polar surface area (TPSA) is 141 Å². The predicted molar refractivity (Wildman–Crippen MR) is 91.2 cm³/mol. The van der Waals surface area contributed by atoms with Gasteiger partial charge in [-0.15, -0.1) is 10.2 Å². The summed E-state index contributed by atoms with van der Waals surface area (Å²) in [6.07, 6.45) is 1.69. The van der Waals surface area contributed by atoms with E-state index in [2.05, 4.69) is 31.2 Å². The first-order chi connectivity index (χ1) is 13.4. The molecule has 0 saturated heterocycles. The maximum atomic E-state index is 13.1. The number of nitrogens with zero attached hydrogens (tertiary/aromatic N) is 7. The highest BCUT2D eigenvalue weighted by Crippen LogP contribution is 2.16. The molecule has 1 amide bonds. The number of hydrogen-bond acceptors (Lipinski definition) is 7. The van der Waals surface area contributed by atoms with Crippen LogP contribution in [0.3, 0.4) is 0 Å².